The fraction of sp³-hybridized carbons (Fsp3) is 0.556. The number of likely N-dealkylation sites (tertiary alicyclic amines) is 1. The Kier molecular flexibility index (Phi) is 4.84. The first kappa shape index (κ1) is 15.8. The minimum atomic E-state index is 0.0868. The van der Waals surface area contributed by atoms with E-state index in [1.807, 2.05) is 30.0 Å². The Hall–Kier alpha value is -2.04. The van der Waals surface area contributed by atoms with E-state index in [0.717, 1.165) is 43.8 Å². The molecule has 1 N–H and O–H groups in total. The molecule has 1 fully saturated rings. The SMILES string of the molecule is Cc1nc2ccccc2n1CCCNC(=O)N1CCCC(C)C1. The largest absolute Gasteiger partial charge is 0.338 e. The third kappa shape index (κ3) is 3.66. The average molecular weight is 314 g/mol. The number of benzene rings is 1. The van der Waals surface area contributed by atoms with Gasteiger partial charge in [0.05, 0.1) is 11.0 Å². The first-order chi connectivity index (χ1) is 11.1. The van der Waals surface area contributed by atoms with E-state index in [2.05, 4.69) is 27.9 Å². The Morgan fingerprint density at radius 2 is 2.22 bits per heavy atom. The molecule has 1 saturated heterocycles. The van der Waals surface area contributed by atoms with Crippen LogP contribution >= 0.6 is 0 Å². The summed E-state index contributed by atoms with van der Waals surface area (Å²) in [6.45, 7) is 7.61. The number of hydrogen-bond acceptors (Lipinski definition) is 2. The molecular weight excluding hydrogens is 288 g/mol. The molecule has 0 bridgehead atoms. The number of para-hydroxylation sites is 2. The molecule has 1 aliphatic heterocycles. The number of hydrogen-bond donors (Lipinski definition) is 1. The lowest BCUT2D eigenvalue weighted by Gasteiger charge is -2.30. The second kappa shape index (κ2) is 7.02. The van der Waals surface area contributed by atoms with Crippen LogP contribution in [0.5, 0.6) is 0 Å². The minimum absolute atomic E-state index is 0.0868. The van der Waals surface area contributed by atoms with Crippen LogP contribution in [0, 0.1) is 12.8 Å². The number of aromatic nitrogens is 2. The van der Waals surface area contributed by atoms with E-state index in [1.54, 1.807) is 0 Å². The fourth-order valence-corrected chi connectivity index (χ4v) is 3.40. The molecule has 0 radical (unpaired) electrons. The third-order valence-corrected chi connectivity index (χ3v) is 4.62. The number of nitrogens with one attached hydrogen (secondary N) is 1. The van der Waals surface area contributed by atoms with Gasteiger partial charge in [0, 0.05) is 26.2 Å². The summed E-state index contributed by atoms with van der Waals surface area (Å²) in [5.74, 6) is 1.65. The number of aryl methyl sites for hydroxylation is 2. The van der Waals surface area contributed by atoms with Gasteiger partial charge < -0.3 is 14.8 Å². The number of urea groups is 1. The Bertz CT molecular complexity index is 679. The molecule has 3 rings (SSSR count). The molecule has 2 aromatic rings. The van der Waals surface area contributed by atoms with E-state index >= 15 is 0 Å². The van der Waals surface area contributed by atoms with Gasteiger partial charge >= 0.3 is 6.03 Å². The van der Waals surface area contributed by atoms with Crippen molar-refractivity contribution in [2.45, 2.75) is 39.7 Å². The number of carbonyl (C=O) groups is 1. The number of fused-ring (bicyclic) bond motifs is 1. The fourth-order valence-electron chi connectivity index (χ4n) is 3.40. The van der Waals surface area contributed by atoms with Crippen LogP contribution in [0.4, 0.5) is 4.79 Å². The van der Waals surface area contributed by atoms with E-state index in [-0.39, 0.29) is 6.03 Å². The van der Waals surface area contributed by atoms with Crippen molar-refractivity contribution in [2.75, 3.05) is 19.6 Å². The zero-order chi connectivity index (χ0) is 16.2. The van der Waals surface area contributed by atoms with Crippen molar-refractivity contribution < 1.29 is 4.79 Å². The molecule has 2 heterocycles. The number of piperidine rings is 1. The summed E-state index contributed by atoms with van der Waals surface area (Å²) < 4.78 is 2.23. The van der Waals surface area contributed by atoms with E-state index in [9.17, 15) is 4.79 Å². The Morgan fingerprint density at radius 3 is 3.04 bits per heavy atom. The van der Waals surface area contributed by atoms with Gasteiger partial charge in [0.25, 0.3) is 0 Å². The minimum Gasteiger partial charge on any atom is -0.338 e. The lowest BCUT2D eigenvalue weighted by atomic mass is 10.0. The first-order valence-corrected chi connectivity index (χ1v) is 8.60. The van der Waals surface area contributed by atoms with Gasteiger partial charge in [-0.25, -0.2) is 9.78 Å². The van der Waals surface area contributed by atoms with Crippen LogP contribution in [0.3, 0.4) is 0 Å². The quantitative estimate of drug-likeness (QED) is 0.881. The summed E-state index contributed by atoms with van der Waals surface area (Å²) in [7, 11) is 0. The van der Waals surface area contributed by atoms with Crippen molar-refractivity contribution in [2.24, 2.45) is 5.92 Å². The molecule has 2 amide bonds. The van der Waals surface area contributed by atoms with Gasteiger partial charge in [-0.1, -0.05) is 19.1 Å². The Morgan fingerprint density at radius 1 is 1.39 bits per heavy atom. The number of nitrogens with zero attached hydrogens (tertiary/aromatic N) is 3. The standard InChI is InChI=1S/C18H26N4O/c1-14-7-5-11-21(13-14)18(23)19-10-6-12-22-15(2)20-16-8-3-4-9-17(16)22/h3-4,8-9,14H,5-7,10-13H2,1-2H3,(H,19,23). The molecule has 1 unspecified atom stereocenters. The van der Waals surface area contributed by atoms with Gasteiger partial charge in [-0.3, -0.25) is 0 Å². The second-order valence-corrected chi connectivity index (χ2v) is 6.58. The van der Waals surface area contributed by atoms with Gasteiger partial charge in [-0.05, 0) is 44.2 Å². The van der Waals surface area contributed by atoms with Crippen LogP contribution in [0.25, 0.3) is 11.0 Å². The van der Waals surface area contributed by atoms with Crippen LogP contribution in [0.1, 0.15) is 32.0 Å². The highest BCUT2D eigenvalue weighted by Gasteiger charge is 2.20. The summed E-state index contributed by atoms with van der Waals surface area (Å²) in [5, 5.41) is 3.06. The van der Waals surface area contributed by atoms with E-state index in [1.165, 1.54) is 11.9 Å². The van der Waals surface area contributed by atoms with E-state index < -0.39 is 0 Å². The summed E-state index contributed by atoms with van der Waals surface area (Å²) in [5.41, 5.74) is 2.21. The van der Waals surface area contributed by atoms with Gasteiger partial charge in [-0.2, -0.15) is 0 Å². The summed E-state index contributed by atoms with van der Waals surface area (Å²) in [4.78, 5) is 18.7. The van der Waals surface area contributed by atoms with Gasteiger partial charge in [0.1, 0.15) is 5.82 Å². The van der Waals surface area contributed by atoms with Crippen molar-refractivity contribution in [1.29, 1.82) is 0 Å². The van der Waals surface area contributed by atoms with Gasteiger partial charge in [-0.15, -0.1) is 0 Å². The molecule has 1 atom stereocenters. The normalized spacial score (nSPS) is 18.3. The van der Waals surface area contributed by atoms with E-state index in [4.69, 9.17) is 0 Å². The zero-order valence-corrected chi connectivity index (χ0v) is 14.1. The first-order valence-electron chi connectivity index (χ1n) is 8.60. The van der Waals surface area contributed by atoms with Crippen LogP contribution in [0.15, 0.2) is 24.3 Å². The lowest BCUT2D eigenvalue weighted by molar-refractivity contribution is 0.169. The molecule has 23 heavy (non-hydrogen) atoms. The maximum absolute atomic E-state index is 12.2. The molecule has 1 aromatic carbocycles. The third-order valence-electron chi connectivity index (χ3n) is 4.62. The van der Waals surface area contributed by atoms with Crippen molar-refractivity contribution in [3.8, 4) is 0 Å². The predicted octanol–water partition coefficient (Wildman–Crippen LogP) is 3.18. The monoisotopic (exact) mass is 314 g/mol. The highest BCUT2D eigenvalue weighted by Crippen LogP contribution is 2.16. The summed E-state index contributed by atoms with van der Waals surface area (Å²) in [6.07, 6.45) is 3.27. The maximum atomic E-state index is 12.2. The van der Waals surface area contributed by atoms with Crippen LogP contribution in [-0.4, -0.2) is 40.1 Å². The smallest absolute Gasteiger partial charge is 0.317 e. The highest BCUT2D eigenvalue weighted by molar-refractivity contribution is 5.76. The molecule has 0 spiro atoms. The molecule has 1 aliphatic rings. The lowest BCUT2D eigenvalue weighted by Crippen LogP contribution is -2.45. The zero-order valence-electron chi connectivity index (χ0n) is 14.1. The topological polar surface area (TPSA) is 50.2 Å². The molecule has 5 heteroatoms. The van der Waals surface area contributed by atoms with E-state index in [0.29, 0.717) is 12.5 Å². The predicted molar refractivity (Wildman–Crippen MR) is 92.5 cm³/mol. The Balaban J connectivity index is 1.49. The van der Waals surface area contributed by atoms with Crippen LogP contribution in [-0.2, 0) is 6.54 Å². The van der Waals surface area contributed by atoms with Gasteiger partial charge in [0.15, 0.2) is 0 Å². The number of imidazole rings is 1. The second-order valence-electron chi connectivity index (χ2n) is 6.58. The molecule has 0 saturated carbocycles. The summed E-state index contributed by atoms with van der Waals surface area (Å²) >= 11 is 0. The highest BCUT2D eigenvalue weighted by atomic mass is 16.2. The summed E-state index contributed by atoms with van der Waals surface area (Å²) in [6, 6.07) is 8.28. The number of carbonyl (C=O) groups excluding carboxylic acids is 1. The Labute approximate surface area is 137 Å². The van der Waals surface area contributed by atoms with Crippen LogP contribution < -0.4 is 5.32 Å². The van der Waals surface area contributed by atoms with Crippen molar-refractivity contribution in [3.05, 3.63) is 30.1 Å². The van der Waals surface area contributed by atoms with Crippen molar-refractivity contribution in [1.82, 2.24) is 19.8 Å². The van der Waals surface area contributed by atoms with Gasteiger partial charge in [0.2, 0.25) is 0 Å². The molecular formula is C18H26N4O. The number of rotatable bonds is 4. The molecule has 0 aliphatic carbocycles. The average Bonchev–Trinajstić information content (AvgIpc) is 2.87. The molecule has 124 valence electrons. The van der Waals surface area contributed by atoms with Crippen LogP contribution in [0.2, 0.25) is 0 Å². The molecule has 1 aromatic heterocycles. The van der Waals surface area contributed by atoms with Crippen molar-refractivity contribution >= 4 is 17.1 Å². The molecule has 5 nitrogen and oxygen atoms in total. The van der Waals surface area contributed by atoms with Crippen molar-refractivity contribution in [3.63, 3.8) is 0 Å². The number of amides is 2. The maximum Gasteiger partial charge on any atom is 0.317 e.